The highest BCUT2D eigenvalue weighted by Gasteiger charge is 2.12. The number of nitro benzene ring substituents is 1. The quantitative estimate of drug-likeness (QED) is 0.188. The fraction of sp³-hybridized carbons (Fsp3) is 0.130. The molecule has 0 amide bonds. The monoisotopic (exact) mass is 484 g/mol. The lowest BCUT2D eigenvalue weighted by Crippen LogP contribution is -2.06. The van der Waals surface area contributed by atoms with Crippen molar-refractivity contribution in [2.45, 2.75) is 12.4 Å². The van der Waals surface area contributed by atoms with Gasteiger partial charge in [-0.05, 0) is 35.4 Å². The molecule has 0 radical (unpaired) electrons. The molecule has 0 aliphatic heterocycles. The van der Waals surface area contributed by atoms with Crippen LogP contribution in [0.4, 0.5) is 5.69 Å². The number of nitro groups is 1. The second-order valence-corrected chi connectivity index (χ2v) is 8.09. The molecule has 0 unspecified atom stereocenters. The Morgan fingerprint density at radius 3 is 2.61 bits per heavy atom. The van der Waals surface area contributed by atoms with Gasteiger partial charge in [-0.1, -0.05) is 53.7 Å². The maximum Gasteiger partial charge on any atom is 0.271 e. The van der Waals surface area contributed by atoms with E-state index in [1.165, 1.54) is 30.0 Å². The van der Waals surface area contributed by atoms with Crippen LogP contribution in [-0.2, 0) is 12.4 Å². The van der Waals surface area contributed by atoms with Gasteiger partial charge in [-0.25, -0.2) is 0 Å². The molecule has 3 aromatic carbocycles. The Morgan fingerprint density at radius 1 is 1.15 bits per heavy atom. The summed E-state index contributed by atoms with van der Waals surface area (Å²) in [6, 6.07) is 19.4. The third-order valence-corrected chi connectivity index (χ3v) is 5.56. The highest BCUT2D eigenvalue weighted by molar-refractivity contribution is 8.13. The number of methoxy groups -OCH3 is 1. The summed E-state index contributed by atoms with van der Waals surface area (Å²) < 4.78 is 11.1. The molecule has 2 N–H and O–H groups in total. The number of benzene rings is 3. The van der Waals surface area contributed by atoms with E-state index >= 15 is 0 Å². The van der Waals surface area contributed by atoms with E-state index in [9.17, 15) is 10.1 Å². The van der Waals surface area contributed by atoms with Crippen molar-refractivity contribution in [2.24, 2.45) is 15.9 Å². The first-order valence-corrected chi connectivity index (χ1v) is 11.1. The Kier molecular flexibility index (Phi) is 8.68. The zero-order valence-corrected chi connectivity index (χ0v) is 19.3. The van der Waals surface area contributed by atoms with Gasteiger partial charge < -0.3 is 15.2 Å². The molecule has 0 fully saturated rings. The molecule has 0 aromatic heterocycles. The molecule has 10 heteroatoms. The van der Waals surface area contributed by atoms with Gasteiger partial charge in [-0.15, -0.1) is 5.10 Å². The zero-order valence-electron chi connectivity index (χ0n) is 17.7. The fourth-order valence-electron chi connectivity index (χ4n) is 2.78. The van der Waals surface area contributed by atoms with E-state index < -0.39 is 4.92 Å². The molecule has 3 rings (SSSR count). The van der Waals surface area contributed by atoms with Gasteiger partial charge in [-0.2, -0.15) is 5.10 Å². The molecule has 0 saturated heterocycles. The first-order chi connectivity index (χ1) is 16.0. The summed E-state index contributed by atoms with van der Waals surface area (Å²) in [4.78, 5) is 10.3. The molecule has 8 nitrogen and oxygen atoms in total. The van der Waals surface area contributed by atoms with Crippen molar-refractivity contribution in [3.8, 4) is 11.5 Å². The molecule has 0 heterocycles. The minimum Gasteiger partial charge on any atom is -0.496 e. The maximum atomic E-state index is 10.9. The topological polar surface area (TPSA) is 112 Å². The van der Waals surface area contributed by atoms with E-state index in [1.807, 2.05) is 42.5 Å². The van der Waals surface area contributed by atoms with Crippen LogP contribution in [0.1, 0.15) is 16.7 Å². The minimum atomic E-state index is -0.517. The van der Waals surface area contributed by atoms with Crippen molar-refractivity contribution in [2.75, 3.05) is 7.11 Å². The predicted octanol–water partition coefficient (Wildman–Crippen LogP) is 5.42. The van der Waals surface area contributed by atoms with Gasteiger partial charge in [0.25, 0.3) is 5.69 Å². The van der Waals surface area contributed by atoms with Crippen LogP contribution in [0.2, 0.25) is 5.02 Å². The Morgan fingerprint density at radius 2 is 1.91 bits per heavy atom. The number of amidine groups is 1. The number of hydrogen-bond acceptors (Lipinski definition) is 7. The Balaban J connectivity index is 1.64. The first-order valence-electron chi connectivity index (χ1n) is 9.73. The standard InChI is InChI=1S/C23H21ClN4O4S/c1-31-21-9-7-17(13-26-27-23(25)33-15-16-5-3-2-4-6-16)11-18(21)14-32-22-10-8-19(28(29)30)12-20(22)24/h2-13H,14-15H2,1H3,(H2,25,27). The summed E-state index contributed by atoms with van der Waals surface area (Å²) in [5, 5.41) is 19.5. The lowest BCUT2D eigenvalue weighted by Gasteiger charge is -2.12. The van der Waals surface area contributed by atoms with E-state index in [0.29, 0.717) is 22.4 Å². The lowest BCUT2D eigenvalue weighted by atomic mass is 10.1. The number of halogens is 1. The molecule has 0 aliphatic rings. The fourth-order valence-corrected chi connectivity index (χ4v) is 3.62. The number of nitrogens with two attached hydrogens (primary N) is 1. The number of thioether (sulfide) groups is 1. The smallest absolute Gasteiger partial charge is 0.271 e. The van der Waals surface area contributed by atoms with Gasteiger partial charge in [0.15, 0.2) is 5.17 Å². The van der Waals surface area contributed by atoms with E-state index in [-0.39, 0.29) is 17.3 Å². The minimum absolute atomic E-state index is 0.107. The molecular weight excluding hydrogens is 464 g/mol. The Hall–Kier alpha value is -3.56. The van der Waals surface area contributed by atoms with Crippen LogP contribution in [0.3, 0.4) is 0 Å². The van der Waals surface area contributed by atoms with E-state index in [2.05, 4.69) is 10.2 Å². The van der Waals surface area contributed by atoms with Crippen LogP contribution in [0, 0.1) is 10.1 Å². The van der Waals surface area contributed by atoms with Crippen molar-refractivity contribution in [1.29, 1.82) is 0 Å². The van der Waals surface area contributed by atoms with Gasteiger partial charge in [0.1, 0.15) is 18.1 Å². The van der Waals surface area contributed by atoms with E-state index in [1.54, 1.807) is 19.4 Å². The number of rotatable bonds is 9. The molecule has 0 spiro atoms. The van der Waals surface area contributed by atoms with Crippen molar-refractivity contribution in [3.05, 3.63) is 98.6 Å². The molecular formula is C23H21ClN4O4S. The van der Waals surface area contributed by atoms with Crippen LogP contribution in [0.15, 0.2) is 76.9 Å². The Bertz CT molecular complexity index is 1170. The summed E-state index contributed by atoms with van der Waals surface area (Å²) in [5.74, 6) is 1.66. The van der Waals surface area contributed by atoms with Gasteiger partial charge in [0.2, 0.25) is 0 Å². The van der Waals surface area contributed by atoms with Crippen LogP contribution in [0.25, 0.3) is 0 Å². The zero-order chi connectivity index (χ0) is 23.6. The number of nitrogens with zero attached hydrogens (tertiary/aromatic N) is 3. The van der Waals surface area contributed by atoms with Crippen LogP contribution in [-0.4, -0.2) is 23.4 Å². The first kappa shape index (κ1) is 24.1. The second-order valence-electron chi connectivity index (χ2n) is 6.69. The van der Waals surface area contributed by atoms with Crippen LogP contribution in [0.5, 0.6) is 11.5 Å². The summed E-state index contributed by atoms with van der Waals surface area (Å²) in [6.07, 6.45) is 1.58. The molecule has 33 heavy (non-hydrogen) atoms. The van der Waals surface area contributed by atoms with Crippen molar-refractivity contribution in [1.82, 2.24) is 0 Å². The van der Waals surface area contributed by atoms with Crippen LogP contribution < -0.4 is 15.2 Å². The average Bonchev–Trinajstić information content (AvgIpc) is 2.82. The number of non-ortho nitro benzene ring substituents is 1. The van der Waals surface area contributed by atoms with Crippen molar-refractivity contribution >= 4 is 40.4 Å². The van der Waals surface area contributed by atoms with Crippen molar-refractivity contribution in [3.63, 3.8) is 0 Å². The molecule has 3 aromatic rings. The highest BCUT2D eigenvalue weighted by atomic mass is 35.5. The summed E-state index contributed by atoms with van der Waals surface area (Å²) in [7, 11) is 1.56. The number of ether oxygens (including phenoxy) is 2. The van der Waals surface area contributed by atoms with Crippen molar-refractivity contribution < 1.29 is 14.4 Å². The second kappa shape index (κ2) is 11.9. The normalized spacial score (nSPS) is 11.5. The third-order valence-electron chi connectivity index (χ3n) is 4.41. The lowest BCUT2D eigenvalue weighted by molar-refractivity contribution is -0.384. The van der Waals surface area contributed by atoms with Gasteiger partial charge in [0, 0.05) is 23.4 Å². The molecule has 170 valence electrons. The average molecular weight is 485 g/mol. The molecule has 0 bridgehead atoms. The van der Waals surface area contributed by atoms with Gasteiger partial charge in [-0.3, -0.25) is 10.1 Å². The third kappa shape index (κ3) is 7.23. The molecule has 0 saturated carbocycles. The summed E-state index contributed by atoms with van der Waals surface area (Å²) >= 11 is 7.50. The Labute approximate surface area is 200 Å². The summed E-state index contributed by atoms with van der Waals surface area (Å²) in [6.45, 7) is 0.140. The van der Waals surface area contributed by atoms with Gasteiger partial charge >= 0.3 is 0 Å². The molecule has 0 atom stereocenters. The molecule has 0 aliphatic carbocycles. The maximum absolute atomic E-state index is 10.9. The SMILES string of the molecule is COc1ccc(C=NN=C(N)SCc2ccccc2)cc1COc1ccc([N+](=O)[O-])cc1Cl. The van der Waals surface area contributed by atoms with E-state index in [4.69, 9.17) is 26.8 Å². The van der Waals surface area contributed by atoms with Gasteiger partial charge in [0.05, 0.1) is 23.3 Å². The summed E-state index contributed by atoms with van der Waals surface area (Å²) in [5.41, 5.74) is 8.48. The van der Waals surface area contributed by atoms with E-state index in [0.717, 1.165) is 16.7 Å². The number of hydrogen-bond donors (Lipinski definition) is 1. The predicted molar refractivity (Wildman–Crippen MR) is 132 cm³/mol. The largest absolute Gasteiger partial charge is 0.496 e. The highest BCUT2D eigenvalue weighted by Crippen LogP contribution is 2.30. The van der Waals surface area contributed by atoms with Crippen LogP contribution >= 0.6 is 23.4 Å².